The molecule has 72 valence electrons. The maximum absolute atomic E-state index is 10.9. The zero-order valence-corrected chi connectivity index (χ0v) is 8.71. The van der Waals surface area contributed by atoms with Gasteiger partial charge in [-0.15, -0.1) is 0 Å². The molecule has 1 aromatic heterocycles. The first-order valence-corrected chi connectivity index (χ1v) is 4.49. The first kappa shape index (κ1) is 10.3. The van der Waals surface area contributed by atoms with Gasteiger partial charge >= 0.3 is 5.97 Å². The summed E-state index contributed by atoms with van der Waals surface area (Å²) in [5, 5.41) is 0. The molecule has 0 aliphatic carbocycles. The van der Waals surface area contributed by atoms with Crippen LogP contribution < -0.4 is 5.73 Å². The number of hydrogen-bond acceptors (Lipinski definition) is 4. The average Bonchev–Trinajstić information content (AvgIpc) is 2.51. The van der Waals surface area contributed by atoms with E-state index in [4.69, 9.17) is 10.2 Å². The van der Waals surface area contributed by atoms with Gasteiger partial charge < -0.3 is 14.9 Å². The third kappa shape index (κ3) is 2.57. The minimum atomic E-state index is -0.461. The van der Waals surface area contributed by atoms with Crippen molar-refractivity contribution in [3.05, 3.63) is 22.6 Å². The summed E-state index contributed by atoms with van der Waals surface area (Å²) in [6, 6.07) is 1.27. The summed E-state index contributed by atoms with van der Waals surface area (Å²) in [6.45, 7) is 0. The number of rotatable bonds is 3. The van der Waals surface area contributed by atoms with Gasteiger partial charge in [-0.25, -0.2) is 0 Å². The molecule has 0 fully saturated rings. The van der Waals surface area contributed by atoms with Crippen LogP contribution in [0.25, 0.3) is 0 Å². The largest absolute Gasteiger partial charge is 0.469 e. The second-order valence-electron chi connectivity index (χ2n) is 2.52. The number of carbonyl (C=O) groups excluding carboxylic acids is 1. The fraction of sp³-hybridized carbons (Fsp3) is 0.375. The highest BCUT2D eigenvalue weighted by Crippen LogP contribution is 2.24. The van der Waals surface area contributed by atoms with E-state index in [0.717, 1.165) is 4.47 Å². The fourth-order valence-electron chi connectivity index (χ4n) is 0.926. The highest BCUT2D eigenvalue weighted by atomic mass is 79.9. The molecule has 0 saturated heterocycles. The molecule has 13 heavy (non-hydrogen) atoms. The van der Waals surface area contributed by atoms with Crippen molar-refractivity contribution < 1.29 is 13.9 Å². The zero-order valence-electron chi connectivity index (χ0n) is 7.12. The van der Waals surface area contributed by atoms with E-state index in [1.807, 2.05) is 0 Å². The number of nitrogens with two attached hydrogens (primary N) is 1. The molecule has 1 atom stereocenters. The van der Waals surface area contributed by atoms with E-state index in [1.54, 1.807) is 6.07 Å². The maximum atomic E-state index is 10.9. The molecule has 5 heteroatoms. The minimum Gasteiger partial charge on any atom is -0.469 e. The summed E-state index contributed by atoms with van der Waals surface area (Å²) in [7, 11) is 1.33. The van der Waals surface area contributed by atoms with E-state index in [-0.39, 0.29) is 12.4 Å². The van der Waals surface area contributed by atoms with Crippen LogP contribution in [0.4, 0.5) is 0 Å². The van der Waals surface area contributed by atoms with Gasteiger partial charge in [0.2, 0.25) is 0 Å². The Labute approximate surface area is 84.2 Å². The molecule has 0 aromatic carbocycles. The van der Waals surface area contributed by atoms with Gasteiger partial charge in [-0.2, -0.15) is 0 Å². The lowest BCUT2D eigenvalue weighted by molar-refractivity contribution is -0.141. The molecule has 2 N–H and O–H groups in total. The standard InChI is InChI=1S/C8H10BrNO3/c1-12-7(11)4-6(10)8-5(9)2-3-13-8/h2-3,6H,4,10H2,1H3/t6-/m0/s1. The number of methoxy groups -OCH3 is 1. The van der Waals surface area contributed by atoms with Crippen LogP contribution in [-0.2, 0) is 9.53 Å². The van der Waals surface area contributed by atoms with Gasteiger partial charge in [-0.05, 0) is 22.0 Å². The van der Waals surface area contributed by atoms with Crippen LogP contribution in [0.5, 0.6) is 0 Å². The van der Waals surface area contributed by atoms with Crippen molar-refractivity contribution in [3.63, 3.8) is 0 Å². The molecule has 4 nitrogen and oxygen atoms in total. The lowest BCUT2D eigenvalue weighted by Gasteiger charge is -2.07. The second kappa shape index (κ2) is 4.43. The molecule has 0 amide bonds. The molecule has 0 aliphatic rings. The Morgan fingerprint density at radius 2 is 2.54 bits per heavy atom. The number of hydrogen-bond donors (Lipinski definition) is 1. The quantitative estimate of drug-likeness (QED) is 0.825. The lowest BCUT2D eigenvalue weighted by Crippen LogP contribution is -2.15. The fourth-order valence-corrected chi connectivity index (χ4v) is 1.42. The number of furan rings is 1. The Morgan fingerprint density at radius 1 is 1.85 bits per heavy atom. The van der Waals surface area contributed by atoms with Crippen molar-refractivity contribution in [3.8, 4) is 0 Å². The van der Waals surface area contributed by atoms with Crippen molar-refractivity contribution in [2.45, 2.75) is 12.5 Å². The summed E-state index contributed by atoms with van der Waals surface area (Å²) in [5.74, 6) is 0.209. The zero-order chi connectivity index (χ0) is 9.84. The van der Waals surface area contributed by atoms with E-state index in [0.29, 0.717) is 5.76 Å². The van der Waals surface area contributed by atoms with Gasteiger partial charge in [-0.3, -0.25) is 4.79 Å². The number of carbonyl (C=O) groups is 1. The van der Waals surface area contributed by atoms with Crippen LogP contribution in [-0.4, -0.2) is 13.1 Å². The Bertz CT molecular complexity index is 297. The summed E-state index contributed by atoms with van der Waals surface area (Å²) in [5.41, 5.74) is 5.69. The second-order valence-corrected chi connectivity index (χ2v) is 3.37. The summed E-state index contributed by atoms with van der Waals surface area (Å²) in [6.07, 6.45) is 1.62. The minimum absolute atomic E-state index is 0.114. The van der Waals surface area contributed by atoms with E-state index in [2.05, 4.69) is 20.7 Å². The summed E-state index contributed by atoms with van der Waals surface area (Å²) < 4.78 is 10.3. The Morgan fingerprint density at radius 3 is 3.00 bits per heavy atom. The van der Waals surface area contributed by atoms with Crippen molar-refractivity contribution >= 4 is 21.9 Å². The smallest absolute Gasteiger partial charge is 0.307 e. The monoisotopic (exact) mass is 247 g/mol. The molecule has 0 spiro atoms. The highest BCUT2D eigenvalue weighted by Gasteiger charge is 2.17. The molecule has 0 radical (unpaired) electrons. The van der Waals surface area contributed by atoms with Crippen LogP contribution in [0.2, 0.25) is 0 Å². The third-order valence-corrected chi connectivity index (χ3v) is 2.25. The summed E-state index contributed by atoms with van der Waals surface area (Å²) >= 11 is 3.25. The van der Waals surface area contributed by atoms with Crippen LogP contribution in [0.3, 0.4) is 0 Å². The topological polar surface area (TPSA) is 65.5 Å². The molecular weight excluding hydrogens is 238 g/mol. The van der Waals surface area contributed by atoms with Crippen molar-refractivity contribution in [2.75, 3.05) is 7.11 Å². The molecule has 0 bridgehead atoms. The maximum Gasteiger partial charge on any atom is 0.307 e. The molecule has 1 heterocycles. The van der Waals surface area contributed by atoms with Gasteiger partial charge in [0.25, 0.3) is 0 Å². The SMILES string of the molecule is COC(=O)C[C@H](N)c1occc1Br. The molecule has 0 aliphatic heterocycles. The van der Waals surface area contributed by atoms with Gasteiger partial charge in [-0.1, -0.05) is 0 Å². The van der Waals surface area contributed by atoms with Gasteiger partial charge in [0, 0.05) is 0 Å². The van der Waals surface area contributed by atoms with Crippen molar-refractivity contribution in [1.29, 1.82) is 0 Å². The molecule has 1 aromatic rings. The Kier molecular flexibility index (Phi) is 3.50. The predicted octanol–water partition coefficient (Wildman–Crippen LogP) is 1.60. The molecule has 0 unspecified atom stereocenters. The first-order valence-electron chi connectivity index (χ1n) is 3.70. The highest BCUT2D eigenvalue weighted by molar-refractivity contribution is 9.10. The Hall–Kier alpha value is -0.810. The van der Waals surface area contributed by atoms with Crippen LogP contribution in [0.15, 0.2) is 21.2 Å². The molecule has 1 rings (SSSR count). The number of halogens is 1. The van der Waals surface area contributed by atoms with Crippen LogP contribution in [0, 0.1) is 0 Å². The summed E-state index contributed by atoms with van der Waals surface area (Å²) in [4.78, 5) is 10.9. The number of esters is 1. The molecule has 0 saturated carbocycles. The normalized spacial score (nSPS) is 12.5. The average molecular weight is 248 g/mol. The van der Waals surface area contributed by atoms with Gasteiger partial charge in [0.05, 0.1) is 30.3 Å². The van der Waals surface area contributed by atoms with Crippen LogP contribution >= 0.6 is 15.9 Å². The van der Waals surface area contributed by atoms with E-state index < -0.39 is 6.04 Å². The van der Waals surface area contributed by atoms with Crippen molar-refractivity contribution in [2.24, 2.45) is 5.73 Å². The first-order chi connectivity index (χ1) is 6.15. The van der Waals surface area contributed by atoms with Gasteiger partial charge in [0.1, 0.15) is 5.76 Å². The number of ether oxygens (including phenoxy) is 1. The van der Waals surface area contributed by atoms with Gasteiger partial charge in [0.15, 0.2) is 0 Å². The van der Waals surface area contributed by atoms with E-state index in [9.17, 15) is 4.79 Å². The predicted molar refractivity (Wildman–Crippen MR) is 50.0 cm³/mol. The van der Waals surface area contributed by atoms with Crippen molar-refractivity contribution in [1.82, 2.24) is 0 Å². The van der Waals surface area contributed by atoms with E-state index in [1.165, 1.54) is 13.4 Å². The van der Waals surface area contributed by atoms with E-state index >= 15 is 0 Å². The molecular formula is C8H10BrNO3. The van der Waals surface area contributed by atoms with Crippen LogP contribution in [0.1, 0.15) is 18.2 Å². The Balaban J connectivity index is 2.63. The third-order valence-electron chi connectivity index (χ3n) is 1.60. The lowest BCUT2D eigenvalue weighted by atomic mass is 10.2.